The molecule has 0 heterocycles. The molecule has 30 heavy (non-hydrogen) atoms. The smallest absolute Gasteiger partial charge is 0.307 e. The van der Waals surface area contributed by atoms with Crippen molar-refractivity contribution in [2.45, 2.75) is 135 Å². The number of hydrogen-bond donors (Lipinski definition) is 2. The second-order valence-corrected chi connectivity index (χ2v) is 9.57. The zero-order valence-electron chi connectivity index (χ0n) is 19.6. The molecule has 0 aromatic rings. The maximum atomic E-state index is 11.5. The van der Waals surface area contributed by atoms with Gasteiger partial charge in [-0.05, 0) is 31.1 Å². The van der Waals surface area contributed by atoms with E-state index in [0.29, 0.717) is 11.8 Å². The molecule has 176 valence electrons. The van der Waals surface area contributed by atoms with Crippen LogP contribution in [-0.2, 0) is 9.59 Å². The summed E-state index contributed by atoms with van der Waals surface area (Å²) in [7, 11) is 0. The predicted octanol–water partition coefficient (Wildman–Crippen LogP) is 7.84. The molecule has 0 bridgehead atoms. The lowest BCUT2D eigenvalue weighted by Crippen LogP contribution is -2.00. The number of aliphatic carboxylic acids is 2. The highest BCUT2D eigenvalue weighted by atomic mass is 16.4. The van der Waals surface area contributed by atoms with E-state index in [9.17, 15) is 14.7 Å². The van der Waals surface area contributed by atoms with Crippen molar-refractivity contribution in [3.8, 4) is 0 Å². The molecule has 1 fully saturated rings. The van der Waals surface area contributed by atoms with Gasteiger partial charge in [0.2, 0.25) is 0 Å². The van der Waals surface area contributed by atoms with Gasteiger partial charge in [0.05, 0.1) is 5.92 Å². The zero-order valence-corrected chi connectivity index (χ0v) is 19.6. The molecule has 3 unspecified atom stereocenters. The maximum absolute atomic E-state index is 11.5. The van der Waals surface area contributed by atoms with Gasteiger partial charge in [-0.1, -0.05) is 110 Å². The first-order valence-corrected chi connectivity index (χ1v) is 13.0. The summed E-state index contributed by atoms with van der Waals surface area (Å²) in [5.74, 6) is -0.665. The van der Waals surface area contributed by atoms with Crippen molar-refractivity contribution in [3.63, 3.8) is 0 Å². The second kappa shape index (κ2) is 17.6. The molecule has 3 atom stereocenters. The first kappa shape index (κ1) is 27.0. The Hall–Kier alpha value is -1.06. The molecule has 0 aliphatic heterocycles. The summed E-state index contributed by atoms with van der Waals surface area (Å²) in [5.41, 5.74) is 0. The van der Waals surface area contributed by atoms with Gasteiger partial charge in [0.15, 0.2) is 0 Å². The van der Waals surface area contributed by atoms with E-state index in [2.05, 4.69) is 6.92 Å². The Balaban J connectivity index is 1.93. The molecule has 0 saturated heterocycles. The highest BCUT2D eigenvalue weighted by molar-refractivity contribution is 5.74. The lowest BCUT2D eigenvalue weighted by atomic mass is 10.0. The lowest BCUT2D eigenvalue weighted by molar-refractivity contribution is -0.139. The maximum Gasteiger partial charge on any atom is 0.307 e. The predicted molar refractivity (Wildman–Crippen MR) is 124 cm³/mol. The van der Waals surface area contributed by atoms with E-state index in [1.807, 2.05) is 0 Å². The SMILES string of the molecule is CCCCCCCCCCCCCCCC1C(CCCCCCC(=O)O)C1C(=O)O. The van der Waals surface area contributed by atoms with Gasteiger partial charge in [0.1, 0.15) is 0 Å². The average molecular weight is 425 g/mol. The fraction of sp³-hybridized carbons (Fsp3) is 0.923. The van der Waals surface area contributed by atoms with Crippen molar-refractivity contribution in [1.29, 1.82) is 0 Å². The molecular weight excluding hydrogens is 376 g/mol. The minimum atomic E-state index is -0.721. The summed E-state index contributed by atoms with van der Waals surface area (Å²) in [4.78, 5) is 22.0. The highest BCUT2D eigenvalue weighted by Gasteiger charge is 2.53. The standard InChI is InChI=1S/C26H48O4/c1-2-3-4-5-6-7-8-9-10-11-12-13-16-19-22-23(25(22)26(29)30)20-17-14-15-18-21-24(27)28/h22-23,25H,2-21H2,1H3,(H,27,28)(H,29,30). The van der Waals surface area contributed by atoms with E-state index >= 15 is 0 Å². The summed E-state index contributed by atoms with van der Waals surface area (Å²) in [5, 5.41) is 18.1. The lowest BCUT2D eigenvalue weighted by Gasteiger charge is -2.03. The van der Waals surface area contributed by atoms with E-state index in [1.54, 1.807) is 0 Å². The Morgan fingerprint density at radius 3 is 1.30 bits per heavy atom. The van der Waals surface area contributed by atoms with Crippen molar-refractivity contribution in [1.82, 2.24) is 0 Å². The zero-order chi connectivity index (χ0) is 22.0. The molecule has 4 nitrogen and oxygen atoms in total. The average Bonchev–Trinajstić information content (AvgIpc) is 3.41. The van der Waals surface area contributed by atoms with E-state index in [0.717, 1.165) is 38.5 Å². The van der Waals surface area contributed by atoms with E-state index in [4.69, 9.17) is 5.11 Å². The Bertz CT molecular complexity index is 448. The van der Waals surface area contributed by atoms with Crippen LogP contribution in [0.3, 0.4) is 0 Å². The van der Waals surface area contributed by atoms with Crippen LogP contribution in [-0.4, -0.2) is 22.2 Å². The summed E-state index contributed by atoms with van der Waals surface area (Å²) in [6, 6.07) is 0. The van der Waals surface area contributed by atoms with Crippen LogP contribution >= 0.6 is 0 Å². The van der Waals surface area contributed by atoms with Crippen LogP contribution in [0.25, 0.3) is 0 Å². The van der Waals surface area contributed by atoms with Crippen LogP contribution in [0.4, 0.5) is 0 Å². The Morgan fingerprint density at radius 2 is 0.933 bits per heavy atom. The molecule has 1 aliphatic carbocycles. The molecule has 1 saturated carbocycles. The van der Waals surface area contributed by atoms with E-state index < -0.39 is 11.9 Å². The van der Waals surface area contributed by atoms with Gasteiger partial charge < -0.3 is 10.2 Å². The number of carboxylic acids is 2. The van der Waals surface area contributed by atoms with Crippen LogP contribution in [0.1, 0.15) is 135 Å². The molecule has 0 aromatic heterocycles. The van der Waals surface area contributed by atoms with Crippen LogP contribution in [0.15, 0.2) is 0 Å². The first-order valence-electron chi connectivity index (χ1n) is 13.0. The van der Waals surface area contributed by atoms with Gasteiger partial charge in [-0.3, -0.25) is 9.59 Å². The van der Waals surface area contributed by atoms with Crippen molar-refractivity contribution in [2.75, 3.05) is 0 Å². The Kier molecular flexibility index (Phi) is 15.8. The van der Waals surface area contributed by atoms with Gasteiger partial charge in [0.25, 0.3) is 0 Å². The van der Waals surface area contributed by atoms with Gasteiger partial charge in [-0.15, -0.1) is 0 Å². The summed E-state index contributed by atoms with van der Waals surface area (Å²) < 4.78 is 0. The first-order chi connectivity index (χ1) is 14.6. The number of rotatable bonds is 22. The van der Waals surface area contributed by atoms with Crippen molar-refractivity contribution < 1.29 is 19.8 Å². The number of carboxylic acid groups (broad SMARTS) is 2. The molecule has 1 rings (SSSR count). The Labute approximate surface area is 185 Å². The number of carbonyl (C=O) groups is 2. The number of unbranched alkanes of at least 4 members (excludes halogenated alkanes) is 15. The minimum Gasteiger partial charge on any atom is -0.481 e. The van der Waals surface area contributed by atoms with E-state index in [1.165, 1.54) is 83.5 Å². The third-order valence-electron chi connectivity index (χ3n) is 6.94. The molecule has 1 aliphatic rings. The van der Waals surface area contributed by atoms with Crippen molar-refractivity contribution >= 4 is 11.9 Å². The van der Waals surface area contributed by atoms with Gasteiger partial charge in [-0.25, -0.2) is 0 Å². The summed E-state index contributed by atoms with van der Waals surface area (Å²) in [6.07, 6.45) is 23.7. The topological polar surface area (TPSA) is 74.6 Å². The summed E-state index contributed by atoms with van der Waals surface area (Å²) >= 11 is 0. The van der Waals surface area contributed by atoms with Gasteiger partial charge in [0, 0.05) is 6.42 Å². The van der Waals surface area contributed by atoms with Gasteiger partial charge >= 0.3 is 11.9 Å². The van der Waals surface area contributed by atoms with E-state index in [-0.39, 0.29) is 12.3 Å². The third-order valence-corrected chi connectivity index (χ3v) is 6.94. The normalized spacial score (nSPS) is 20.4. The molecule has 0 aromatic carbocycles. The Morgan fingerprint density at radius 1 is 0.567 bits per heavy atom. The quantitative estimate of drug-likeness (QED) is 0.174. The van der Waals surface area contributed by atoms with Crippen molar-refractivity contribution in [3.05, 3.63) is 0 Å². The fourth-order valence-corrected chi connectivity index (χ4v) is 5.01. The minimum absolute atomic E-state index is 0.110. The molecule has 2 N–H and O–H groups in total. The molecule has 4 heteroatoms. The van der Waals surface area contributed by atoms with Crippen LogP contribution in [0.5, 0.6) is 0 Å². The molecule has 0 amide bonds. The van der Waals surface area contributed by atoms with Crippen LogP contribution < -0.4 is 0 Å². The largest absolute Gasteiger partial charge is 0.481 e. The van der Waals surface area contributed by atoms with Crippen molar-refractivity contribution in [2.24, 2.45) is 17.8 Å². The van der Waals surface area contributed by atoms with Crippen LogP contribution in [0.2, 0.25) is 0 Å². The van der Waals surface area contributed by atoms with Gasteiger partial charge in [-0.2, -0.15) is 0 Å². The number of hydrogen-bond acceptors (Lipinski definition) is 2. The fourth-order valence-electron chi connectivity index (χ4n) is 5.01. The molecule has 0 spiro atoms. The molecular formula is C26H48O4. The monoisotopic (exact) mass is 424 g/mol. The third kappa shape index (κ3) is 13.3. The highest BCUT2D eigenvalue weighted by Crippen LogP contribution is 2.52. The van der Waals surface area contributed by atoms with Crippen LogP contribution in [0, 0.1) is 17.8 Å². The molecule has 0 radical (unpaired) electrons. The second-order valence-electron chi connectivity index (χ2n) is 9.57. The summed E-state index contributed by atoms with van der Waals surface area (Å²) in [6.45, 7) is 2.27.